The number of carbonyl (C=O) groups is 1. The summed E-state index contributed by atoms with van der Waals surface area (Å²) >= 11 is 0. The molecule has 2 rings (SSSR count). The van der Waals surface area contributed by atoms with E-state index in [0.717, 1.165) is 10.6 Å². The predicted octanol–water partition coefficient (Wildman–Crippen LogP) is 2.17. The molecule has 0 saturated carbocycles. The van der Waals surface area contributed by atoms with Crippen molar-refractivity contribution in [1.82, 2.24) is 4.57 Å². The number of aromatic nitrogens is 1. The molecule has 6 nitrogen and oxygen atoms in total. The van der Waals surface area contributed by atoms with Crippen LogP contribution in [0.15, 0.2) is 47.4 Å². The summed E-state index contributed by atoms with van der Waals surface area (Å²) in [6, 6.07) is 7.55. The summed E-state index contributed by atoms with van der Waals surface area (Å²) < 4.78 is 13.9. The van der Waals surface area contributed by atoms with E-state index >= 15 is 0 Å². The van der Waals surface area contributed by atoms with E-state index in [2.05, 4.69) is 0 Å². The molecule has 0 fully saturated rings. The van der Waals surface area contributed by atoms with Crippen molar-refractivity contribution in [2.75, 3.05) is 0 Å². The zero-order valence-corrected chi connectivity index (χ0v) is 10.9. The van der Waals surface area contributed by atoms with E-state index in [0.29, 0.717) is 5.56 Å². The quantitative estimate of drug-likeness (QED) is 0.480. The Morgan fingerprint density at radius 1 is 1.24 bits per heavy atom. The van der Waals surface area contributed by atoms with Gasteiger partial charge in [0.25, 0.3) is 0 Å². The van der Waals surface area contributed by atoms with Crippen molar-refractivity contribution in [2.45, 2.75) is 13.0 Å². The van der Waals surface area contributed by atoms with E-state index in [-0.39, 0.29) is 18.7 Å². The summed E-state index contributed by atoms with van der Waals surface area (Å²) in [5, 5.41) is 10.7. The lowest BCUT2D eigenvalue weighted by Crippen LogP contribution is -2.23. The van der Waals surface area contributed by atoms with Gasteiger partial charge in [0.05, 0.1) is 4.92 Å². The zero-order valence-electron chi connectivity index (χ0n) is 10.9. The smallest absolute Gasteiger partial charge is 0.309 e. The Hall–Kier alpha value is -2.83. The number of carbonyl (C=O) groups excluding carboxylic acids is 1. The van der Waals surface area contributed by atoms with Crippen LogP contribution in [0.2, 0.25) is 0 Å². The standard InChI is InChI=1S/C14H11FN2O4/c15-11-5-3-10(4-6-11)13(18)7-9-16-8-1-2-12(14(16)19)17(20)21/h1-6,8H,7,9H2. The molecule has 1 aromatic carbocycles. The molecule has 0 unspecified atom stereocenters. The topological polar surface area (TPSA) is 82.2 Å². The second-order valence-corrected chi connectivity index (χ2v) is 4.33. The number of pyridine rings is 1. The van der Waals surface area contributed by atoms with Gasteiger partial charge in [-0.3, -0.25) is 19.7 Å². The zero-order chi connectivity index (χ0) is 15.4. The second-order valence-electron chi connectivity index (χ2n) is 4.33. The van der Waals surface area contributed by atoms with Crippen LogP contribution >= 0.6 is 0 Å². The maximum Gasteiger partial charge on any atom is 0.334 e. The third-order valence-corrected chi connectivity index (χ3v) is 2.94. The first-order valence-corrected chi connectivity index (χ1v) is 6.11. The number of aryl methyl sites for hydroxylation is 1. The summed E-state index contributed by atoms with van der Waals surface area (Å²) in [6.07, 6.45) is 1.37. The number of Topliss-reactive ketones (excluding diaryl/α,β-unsaturated/α-hetero) is 1. The van der Waals surface area contributed by atoms with Gasteiger partial charge in [0.1, 0.15) is 5.82 Å². The van der Waals surface area contributed by atoms with Crippen molar-refractivity contribution in [2.24, 2.45) is 0 Å². The predicted molar refractivity (Wildman–Crippen MR) is 72.7 cm³/mol. The molecule has 0 aliphatic carbocycles. The van der Waals surface area contributed by atoms with Crippen LogP contribution in [0.25, 0.3) is 0 Å². The molecule has 21 heavy (non-hydrogen) atoms. The molecule has 0 saturated heterocycles. The largest absolute Gasteiger partial charge is 0.334 e. The van der Waals surface area contributed by atoms with Crippen LogP contribution < -0.4 is 5.56 Å². The second kappa shape index (κ2) is 6.08. The Bertz CT molecular complexity index is 737. The maximum atomic E-state index is 12.8. The Morgan fingerprint density at radius 2 is 1.90 bits per heavy atom. The molecular weight excluding hydrogens is 279 g/mol. The highest BCUT2D eigenvalue weighted by Crippen LogP contribution is 2.07. The van der Waals surface area contributed by atoms with E-state index in [1.54, 1.807) is 0 Å². The molecule has 108 valence electrons. The SMILES string of the molecule is O=C(CCn1cccc([N+](=O)[O-])c1=O)c1ccc(F)cc1. The van der Waals surface area contributed by atoms with E-state index in [1.165, 1.54) is 36.5 Å². The molecule has 0 aliphatic rings. The number of halogens is 1. The average Bonchev–Trinajstić information content (AvgIpc) is 2.46. The lowest BCUT2D eigenvalue weighted by Gasteiger charge is -2.05. The number of rotatable bonds is 5. The molecule has 0 spiro atoms. The van der Waals surface area contributed by atoms with E-state index in [1.807, 2.05) is 0 Å². The normalized spacial score (nSPS) is 10.3. The number of nitrogens with zero attached hydrogens (tertiary/aromatic N) is 2. The van der Waals surface area contributed by atoms with Gasteiger partial charge in [0.15, 0.2) is 5.78 Å². The fraction of sp³-hybridized carbons (Fsp3) is 0.143. The van der Waals surface area contributed by atoms with Crippen LogP contribution in [0.3, 0.4) is 0 Å². The summed E-state index contributed by atoms with van der Waals surface area (Å²) in [7, 11) is 0. The monoisotopic (exact) mass is 290 g/mol. The maximum absolute atomic E-state index is 12.8. The summed E-state index contributed by atoms with van der Waals surface area (Å²) in [4.78, 5) is 33.5. The minimum absolute atomic E-state index is 0.00724. The highest BCUT2D eigenvalue weighted by molar-refractivity contribution is 5.95. The average molecular weight is 290 g/mol. The lowest BCUT2D eigenvalue weighted by atomic mass is 10.1. The van der Waals surface area contributed by atoms with Crippen LogP contribution in [0.4, 0.5) is 10.1 Å². The van der Waals surface area contributed by atoms with Crippen LogP contribution in [0.5, 0.6) is 0 Å². The number of ketones is 1. The van der Waals surface area contributed by atoms with Gasteiger partial charge in [-0.25, -0.2) is 4.39 Å². The lowest BCUT2D eigenvalue weighted by molar-refractivity contribution is -0.386. The van der Waals surface area contributed by atoms with Crippen molar-refractivity contribution in [1.29, 1.82) is 0 Å². The Labute approximate surface area is 118 Å². The number of benzene rings is 1. The first kappa shape index (κ1) is 14.6. The molecule has 7 heteroatoms. The minimum atomic E-state index is -0.763. The van der Waals surface area contributed by atoms with Gasteiger partial charge in [-0.15, -0.1) is 0 Å². The van der Waals surface area contributed by atoms with Gasteiger partial charge in [-0.05, 0) is 30.3 Å². The molecule has 0 bridgehead atoms. The van der Waals surface area contributed by atoms with E-state index in [4.69, 9.17) is 0 Å². The van der Waals surface area contributed by atoms with Crippen molar-refractivity contribution in [3.05, 3.63) is 74.4 Å². The molecule has 0 radical (unpaired) electrons. The fourth-order valence-corrected chi connectivity index (χ4v) is 1.84. The number of hydrogen-bond acceptors (Lipinski definition) is 4. The third kappa shape index (κ3) is 3.38. The van der Waals surface area contributed by atoms with Crippen LogP contribution in [-0.4, -0.2) is 15.3 Å². The highest BCUT2D eigenvalue weighted by Gasteiger charge is 2.14. The fourth-order valence-electron chi connectivity index (χ4n) is 1.84. The molecule has 2 aromatic rings. The van der Waals surface area contributed by atoms with Gasteiger partial charge in [-0.2, -0.15) is 0 Å². The molecule has 1 aromatic heterocycles. The number of nitro groups is 1. The van der Waals surface area contributed by atoms with Crippen molar-refractivity contribution >= 4 is 11.5 Å². The van der Waals surface area contributed by atoms with Gasteiger partial charge in [-0.1, -0.05) is 0 Å². The van der Waals surface area contributed by atoms with E-state index in [9.17, 15) is 24.1 Å². The summed E-state index contributed by atoms with van der Waals surface area (Å²) in [5.41, 5.74) is -0.962. The van der Waals surface area contributed by atoms with Gasteiger partial charge < -0.3 is 4.57 Å². The Morgan fingerprint density at radius 3 is 2.52 bits per heavy atom. The highest BCUT2D eigenvalue weighted by atomic mass is 19.1. The molecule has 0 amide bonds. The van der Waals surface area contributed by atoms with Crippen LogP contribution in [0, 0.1) is 15.9 Å². The van der Waals surface area contributed by atoms with Gasteiger partial charge >= 0.3 is 11.2 Å². The molecular formula is C14H11FN2O4. The van der Waals surface area contributed by atoms with Gasteiger partial charge in [0, 0.05) is 30.8 Å². The minimum Gasteiger partial charge on any atom is -0.309 e. The van der Waals surface area contributed by atoms with Crippen LogP contribution in [-0.2, 0) is 6.54 Å². The van der Waals surface area contributed by atoms with Gasteiger partial charge in [0.2, 0.25) is 0 Å². The summed E-state index contributed by atoms with van der Waals surface area (Å²) in [6.45, 7) is 0.0245. The molecule has 0 aliphatic heterocycles. The first-order chi connectivity index (χ1) is 9.99. The summed E-state index contributed by atoms with van der Waals surface area (Å²) in [5.74, 6) is -0.713. The molecule has 0 N–H and O–H groups in total. The van der Waals surface area contributed by atoms with E-state index < -0.39 is 22.0 Å². The van der Waals surface area contributed by atoms with Crippen molar-refractivity contribution in [3.8, 4) is 0 Å². The van der Waals surface area contributed by atoms with Crippen LogP contribution in [0.1, 0.15) is 16.8 Å². The van der Waals surface area contributed by atoms with Crippen molar-refractivity contribution < 1.29 is 14.1 Å². The number of hydrogen-bond donors (Lipinski definition) is 0. The Kier molecular flexibility index (Phi) is 4.22. The first-order valence-electron chi connectivity index (χ1n) is 6.11. The van der Waals surface area contributed by atoms with Crippen molar-refractivity contribution in [3.63, 3.8) is 0 Å². The Balaban J connectivity index is 2.12. The molecule has 1 heterocycles. The third-order valence-electron chi connectivity index (χ3n) is 2.94. The molecule has 0 atom stereocenters.